The molecule has 0 atom stereocenters. The summed E-state index contributed by atoms with van der Waals surface area (Å²) in [6.45, 7) is 1.18. The van der Waals surface area contributed by atoms with E-state index in [0.29, 0.717) is 46.9 Å². The molecule has 27 heavy (non-hydrogen) atoms. The van der Waals surface area contributed by atoms with Gasteiger partial charge >= 0.3 is 0 Å². The molecule has 0 bridgehead atoms. The minimum absolute atomic E-state index is 0.0416. The number of aromatic nitrogens is 2. The molecule has 0 spiro atoms. The second-order valence-electron chi connectivity index (χ2n) is 5.65. The molecule has 0 unspecified atom stereocenters. The lowest BCUT2D eigenvalue weighted by atomic mass is 10.2. The Balaban J connectivity index is 1.49. The number of halogens is 1. The Kier molecular flexibility index (Phi) is 4.51. The first kappa shape index (κ1) is 17.1. The highest BCUT2D eigenvalue weighted by Gasteiger charge is 2.16. The topological polar surface area (TPSA) is 113 Å². The molecule has 0 saturated carbocycles. The molecule has 0 radical (unpaired) electrons. The van der Waals surface area contributed by atoms with Gasteiger partial charge < -0.3 is 19.3 Å². The molecule has 1 aromatic heterocycles. The first-order valence-electron chi connectivity index (χ1n) is 8.00. The van der Waals surface area contributed by atoms with E-state index < -0.39 is 4.92 Å². The van der Waals surface area contributed by atoms with E-state index in [1.807, 2.05) is 0 Å². The zero-order chi connectivity index (χ0) is 18.8. The van der Waals surface area contributed by atoms with E-state index in [9.17, 15) is 10.1 Å². The van der Waals surface area contributed by atoms with Crippen LogP contribution in [-0.2, 0) is 6.54 Å². The molecule has 0 amide bonds. The predicted octanol–water partition coefficient (Wildman–Crippen LogP) is 3.68. The van der Waals surface area contributed by atoms with E-state index in [1.165, 1.54) is 12.1 Å². The van der Waals surface area contributed by atoms with Crippen LogP contribution in [0.3, 0.4) is 0 Å². The van der Waals surface area contributed by atoms with Crippen LogP contribution in [0, 0.1) is 10.1 Å². The second kappa shape index (κ2) is 7.12. The van der Waals surface area contributed by atoms with Crippen molar-refractivity contribution in [3.05, 3.63) is 57.4 Å². The van der Waals surface area contributed by atoms with Crippen LogP contribution < -0.4 is 14.8 Å². The van der Waals surface area contributed by atoms with Gasteiger partial charge in [-0.25, -0.2) is 0 Å². The van der Waals surface area contributed by atoms with Gasteiger partial charge in [-0.1, -0.05) is 28.9 Å². The Morgan fingerprint density at radius 3 is 2.74 bits per heavy atom. The van der Waals surface area contributed by atoms with E-state index in [1.54, 1.807) is 24.3 Å². The summed E-state index contributed by atoms with van der Waals surface area (Å²) in [4.78, 5) is 14.7. The summed E-state index contributed by atoms with van der Waals surface area (Å²) in [5, 5.41) is 18.3. The van der Waals surface area contributed by atoms with Crippen molar-refractivity contribution in [3.63, 3.8) is 0 Å². The monoisotopic (exact) mass is 388 g/mol. The van der Waals surface area contributed by atoms with Crippen molar-refractivity contribution in [1.29, 1.82) is 0 Å². The number of nitrogens with one attached hydrogen (secondary N) is 1. The maximum atomic E-state index is 10.9. The molecular formula is C17H13ClN4O5. The summed E-state index contributed by atoms with van der Waals surface area (Å²) in [6, 6.07) is 9.45. The van der Waals surface area contributed by atoms with Crippen LogP contribution in [0.15, 0.2) is 40.9 Å². The van der Waals surface area contributed by atoms with Gasteiger partial charge in [-0.05, 0) is 0 Å². The Labute approximate surface area is 158 Å². The third kappa shape index (κ3) is 3.63. The Hall–Kier alpha value is -3.33. The van der Waals surface area contributed by atoms with E-state index in [-0.39, 0.29) is 18.1 Å². The lowest BCUT2D eigenvalue weighted by molar-refractivity contribution is -0.384. The average molecular weight is 389 g/mol. The molecule has 1 aliphatic heterocycles. The molecule has 9 nitrogen and oxygen atoms in total. The van der Waals surface area contributed by atoms with Crippen LogP contribution in [0.25, 0.3) is 11.4 Å². The summed E-state index contributed by atoms with van der Waals surface area (Å²) < 4.78 is 16.2. The van der Waals surface area contributed by atoms with Crippen molar-refractivity contribution < 1.29 is 18.9 Å². The van der Waals surface area contributed by atoms with Gasteiger partial charge in [0.2, 0.25) is 11.7 Å². The number of nitrogens with zero attached hydrogens (tertiary/aromatic N) is 3. The fourth-order valence-corrected chi connectivity index (χ4v) is 2.79. The molecule has 4 rings (SSSR count). The maximum absolute atomic E-state index is 10.9. The first-order chi connectivity index (χ1) is 13.1. The highest BCUT2D eigenvalue weighted by Crippen LogP contribution is 2.38. The number of nitro benzene ring substituents is 1. The van der Waals surface area contributed by atoms with Crippen molar-refractivity contribution in [2.75, 3.05) is 18.5 Å². The zero-order valence-electron chi connectivity index (χ0n) is 13.8. The van der Waals surface area contributed by atoms with Crippen LogP contribution in [0.5, 0.6) is 11.5 Å². The second-order valence-corrected chi connectivity index (χ2v) is 6.06. The largest absolute Gasteiger partial charge is 0.486 e. The number of hydrogen-bond acceptors (Lipinski definition) is 8. The van der Waals surface area contributed by atoms with Crippen LogP contribution in [-0.4, -0.2) is 28.3 Å². The molecule has 2 heterocycles. The molecule has 0 saturated heterocycles. The first-order valence-corrected chi connectivity index (χ1v) is 8.38. The molecule has 1 N–H and O–H groups in total. The van der Waals surface area contributed by atoms with Gasteiger partial charge in [-0.15, -0.1) is 0 Å². The summed E-state index contributed by atoms with van der Waals surface area (Å²) in [5.41, 5.74) is 1.09. The highest BCUT2D eigenvalue weighted by atomic mass is 35.5. The van der Waals surface area contributed by atoms with Gasteiger partial charge in [0.05, 0.1) is 22.2 Å². The van der Waals surface area contributed by atoms with Crippen molar-refractivity contribution in [2.24, 2.45) is 0 Å². The SMILES string of the molecule is O=[N+]([O-])c1cccc(-c2noc(CNc3cc4c(cc3Cl)OCCO4)n2)c1. The fraction of sp³-hybridized carbons (Fsp3) is 0.176. The number of nitro groups is 1. The van der Waals surface area contributed by atoms with Crippen LogP contribution >= 0.6 is 11.6 Å². The zero-order valence-corrected chi connectivity index (χ0v) is 14.6. The summed E-state index contributed by atoms with van der Waals surface area (Å²) in [7, 11) is 0. The van der Waals surface area contributed by atoms with Gasteiger partial charge in [0.15, 0.2) is 11.5 Å². The van der Waals surface area contributed by atoms with Gasteiger partial charge in [-0.2, -0.15) is 4.98 Å². The summed E-state index contributed by atoms with van der Waals surface area (Å²) in [6.07, 6.45) is 0. The van der Waals surface area contributed by atoms with E-state index in [2.05, 4.69) is 15.5 Å². The summed E-state index contributed by atoms with van der Waals surface area (Å²) in [5.74, 6) is 1.78. The summed E-state index contributed by atoms with van der Waals surface area (Å²) >= 11 is 6.25. The Morgan fingerprint density at radius 1 is 1.19 bits per heavy atom. The number of ether oxygens (including phenoxy) is 2. The molecule has 0 fully saturated rings. The Bertz CT molecular complexity index is 1010. The Morgan fingerprint density at radius 2 is 1.96 bits per heavy atom. The van der Waals surface area contributed by atoms with Crippen LogP contribution in [0.2, 0.25) is 5.02 Å². The van der Waals surface area contributed by atoms with E-state index in [0.717, 1.165) is 0 Å². The van der Waals surface area contributed by atoms with Crippen LogP contribution in [0.4, 0.5) is 11.4 Å². The van der Waals surface area contributed by atoms with Crippen molar-refractivity contribution >= 4 is 23.0 Å². The van der Waals surface area contributed by atoms with Crippen molar-refractivity contribution in [2.45, 2.75) is 6.54 Å². The third-order valence-corrected chi connectivity index (χ3v) is 4.16. The van der Waals surface area contributed by atoms with Crippen molar-refractivity contribution in [1.82, 2.24) is 10.1 Å². The van der Waals surface area contributed by atoms with E-state index >= 15 is 0 Å². The lowest BCUT2D eigenvalue weighted by Crippen LogP contribution is -2.15. The number of benzene rings is 2. The number of fused-ring (bicyclic) bond motifs is 1. The quantitative estimate of drug-likeness (QED) is 0.520. The van der Waals surface area contributed by atoms with Gasteiger partial charge in [0.1, 0.15) is 13.2 Å². The average Bonchev–Trinajstić information content (AvgIpc) is 3.15. The van der Waals surface area contributed by atoms with Crippen molar-refractivity contribution in [3.8, 4) is 22.9 Å². The lowest BCUT2D eigenvalue weighted by Gasteiger charge is -2.20. The number of hydrogen-bond donors (Lipinski definition) is 1. The van der Waals surface area contributed by atoms with Gasteiger partial charge in [-0.3, -0.25) is 10.1 Å². The van der Waals surface area contributed by atoms with E-state index in [4.69, 9.17) is 25.6 Å². The minimum atomic E-state index is -0.476. The molecule has 3 aromatic rings. The molecule has 2 aromatic carbocycles. The smallest absolute Gasteiger partial charge is 0.270 e. The molecule has 10 heteroatoms. The third-order valence-electron chi connectivity index (χ3n) is 3.85. The van der Waals surface area contributed by atoms with Crippen LogP contribution in [0.1, 0.15) is 5.89 Å². The minimum Gasteiger partial charge on any atom is -0.486 e. The normalized spacial score (nSPS) is 12.6. The number of non-ortho nitro benzene ring substituents is 1. The molecular weight excluding hydrogens is 376 g/mol. The maximum Gasteiger partial charge on any atom is 0.270 e. The number of rotatable bonds is 5. The predicted molar refractivity (Wildman–Crippen MR) is 96.2 cm³/mol. The molecule has 138 valence electrons. The van der Waals surface area contributed by atoms with Gasteiger partial charge in [0.25, 0.3) is 5.69 Å². The number of anilines is 1. The highest BCUT2D eigenvalue weighted by molar-refractivity contribution is 6.33. The molecule has 0 aliphatic carbocycles. The molecule has 1 aliphatic rings. The fourth-order valence-electron chi connectivity index (χ4n) is 2.57. The van der Waals surface area contributed by atoms with Gasteiger partial charge in [0, 0.05) is 29.8 Å². The standard InChI is InChI=1S/C17H13ClN4O5/c18-12-7-14-15(26-5-4-25-14)8-13(12)19-9-16-20-17(21-27-16)10-2-1-3-11(6-10)22(23)24/h1-3,6-8,19H,4-5,9H2.